The van der Waals surface area contributed by atoms with Crippen molar-refractivity contribution >= 4 is 18.0 Å². The molecule has 20 heavy (non-hydrogen) atoms. The van der Waals surface area contributed by atoms with Crippen LogP contribution in [-0.2, 0) is 9.59 Å². The molecule has 1 fully saturated rings. The van der Waals surface area contributed by atoms with E-state index in [9.17, 15) is 14.4 Å². The maximum Gasteiger partial charge on any atom is 0.326 e. The van der Waals surface area contributed by atoms with E-state index in [-0.39, 0.29) is 0 Å². The average molecular weight is 286 g/mol. The fourth-order valence-electron chi connectivity index (χ4n) is 2.48. The average Bonchev–Trinajstić information content (AvgIpc) is 2.86. The fourth-order valence-corrected chi connectivity index (χ4v) is 2.48. The number of rotatable bonds is 8. The lowest BCUT2D eigenvalue weighted by atomic mass is 10.0. The highest BCUT2D eigenvalue weighted by molar-refractivity contribution is 5.86. The fraction of sp³-hybridized carbons (Fsp3) is 0.769. The van der Waals surface area contributed by atoms with Crippen LogP contribution < -0.4 is 10.6 Å². The molecule has 0 aromatic rings. The van der Waals surface area contributed by atoms with Crippen molar-refractivity contribution in [3.05, 3.63) is 0 Å². The van der Waals surface area contributed by atoms with Gasteiger partial charge < -0.3 is 20.8 Å². The Morgan fingerprint density at radius 2 is 1.80 bits per heavy atom. The molecule has 0 unspecified atom stereocenters. The van der Waals surface area contributed by atoms with E-state index in [1.54, 1.807) is 0 Å². The standard InChI is InChI=1S/C13H22N2O5/c16-11(17)8-10(12(18)19)15-13(20)14-7-3-6-9-4-1-2-5-9/h9-10H,1-8H2,(H,16,17)(H,18,19)(H2,14,15,20)/t10-/m1/s1. The summed E-state index contributed by atoms with van der Waals surface area (Å²) in [5, 5.41) is 22.0. The highest BCUT2D eigenvalue weighted by Gasteiger charge is 2.22. The maximum atomic E-state index is 11.5. The molecule has 1 saturated carbocycles. The molecule has 2 amide bonds. The lowest BCUT2D eigenvalue weighted by Crippen LogP contribution is -2.47. The van der Waals surface area contributed by atoms with E-state index in [0.29, 0.717) is 6.54 Å². The van der Waals surface area contributed by atoms with Crippen LogP contribution in [0.3, 0.4) is 0 Å². The molecule has 7 nitrogen and oxygen atoms in total. The molecule has 114 valence electrons. The number of nitrogens with one attached hydrogen (secondary N) is 2. The summed E-state index contributed by atoms with van der Waals surface area (Å²) >= 11 is 0. The van der Waals surface area contributed by atoms with Gasteiger partial charge in [-0.05, 0) is 18.8 Å². The van der Waals surface area contributed by atoms with E-state index >= 15 is 0 Å². The Morgan fingerprint density at radius 1 is 1.15 bits per heavy atom. The van der Waals surface area contributed by atoms with Gasteiger partial charge in [-0.15, -0.1) is 0 Å². The molecule has 1 rings (SSSR count). The molecule has 1 aliphatic carbocycles. The number of amides is 2. The van der Waals surface area contributed by atoms with Crippen molar-refractivity contribution < 1.29 is 24.6 Å². The second-order valence-corrected chi connectivity index (χ2v) is 5.18. The Hall–Kier alpha value is -1.79. The van der Waals surface area contributed by atoms with Crippen molar-refractivity contribution in [1.82, 2.24) is 10.6 Å². The van der Waals surface area contributed by atoms with E-state index in [1.807, 2.05) is 0 Å². The van der Waals surface area contributed by atoms with Gasteiger partial charge in [-0.25, -0.2) is 9.59 Å². The first-order valence-electron chi connectivity index (χ1n) is 6.98. The number of carboxylic acid groups (broad SMARTS) is 2. The second kappa shape index (κ2) is 8.39. The number of aliphatic carboxylic acids is 2. The van der Waals surface area contributed by atoms with Crippen molar-refractivity contribution in [3.8, 4) is 0 Å². The minimum atomic E-state index is -1.40. The summed E-state index contributed by atoms with van der Waals surface area (Å²) in [6.45, 7) is 0.474. The molecule has 1 atom stereocenters. The minimum Gasteiger partial charge on any atom is -0.481 e. The van der Waals surface area contributed by atoms with Gasteiger partial charge in [-0.3, -0.25) is 4.79 Å². The minimum absolute atomic E-state index is 0.474. The van der Waals surface area contributed by atoms with Crippen molar-refractivity contribution in [1.29, 1.82) is 0 Å². The van der Waals surface area contributed by atoms with Gasteiger partial charge in [-0.1, -0.05) is 25.7 Å². The molecule has 0 spiro atoms. The third-order valence-electron chi connectivity index (χ3n) is 3.53. The lowest BCUT2D eigenvalue weighted by Gasteiger charge is -2.14. The Kier molecular flexibility index (Phi) is 6.83. The van der Waals surface area contributed by atoms with Crippen molar-refractivity contribution in [2.24, 2.45) is 5.92 Å². The van der Waals surface area contributed by atoms with Gasteiger partial charge in [0, 0.05) is 6.54 Å². The molecule has 0 bridgehead atoms. The smallest absolute Gasteiger partial charge is 0.326 e. The van der Waals surface area contributed by atoms with Crippen LogP contribution in [0.5, 0.6) is 0 Å². The zero-order valence-corrected chi connectivity index (χ0v) is 11.4. The molecule has 1 aliphatic rings. The van der Waals surface area contributed by atoms with Crippen LogP contribution in [0.1, 0.15) is 44.9 Å². The summed E-state index contributed by atoms with van der Waals surface area (Å²) in [4.78, 5) is 32.7. The number of hydrogen-bond acceptors (Lipinski definition) is 3. The largest absolute Gasteiger partial charge is 0.481 e. The quantitative estimate of drug-likeness (QED) is 0.500. The van der Waals surface area contributed by atoms with Crippen LogP contribution in [0.25, 0.3) is 0 Å². The van der Waals surface area contributed by atoms with Gasteiger partial charge in [-0.2, -0.15) is 0 Å². The second-order valence-electron chi connectivity index (χ2n) is 5.18. The molecule has 0 aromatic heterocycles. The topological polar surface area (TPSA) is 116 Å². The van der Waals surface area contributed by atoms with Crippen LogP contribution in [0.4, 0.5) is 4.79 Å². The van der Waals surface area contributed by atoms with Gasteiger partial charge in [0.1, 0.15) is 6.04 Å². The van der Waals surface area contributed by atoms with Gasteiger partial charge in [0.2, 0.25) is 0 Å². The number of urea groups is 1. The van der Waals surface area contributed by atoms with Crippen LogP contribution in [0.2, 0.25) is 0 Å². The molecule has 0 radical (unpaired) electrons. The number of carbonyl (C=O) groups excluding carboxylic acids is 1. The predicted octanol–water partition coefficient (Wildman–Crippen LogP) is 1.18. The molecule has 0 saturated heterocycles. The normalized spacial score (nSPS) is 16.6. The van der Waals surface area contributed by atoms with Gasteiger partial charge in [0.15, 0.2) is 0 Å². The summed E-state index contributed by atoms with van der Waals surface area (Å²) in [6, 6.07) is -2.03. The summed E-state index contributed by atoms with van der Waals surface area (Å²) in [7, 11) is 0. The van der Waals surface area contributed by atoms with Gasteiger partial charge in [0.25, 0.3) is 0 Å². The Morgan fingerprint density at radius 3 is 2.35 bits per heavy atom. The Labute approximate surface area is 117 Å². The Bertz CT molecular complexity index is 353. The summed E-state index contributed by atoms with van der Waals surface area (Å²) < 4.78 is 0. The number of hydrogen-bond donors (Lipinski definition) is 4. The molecule has 0 aliphatic heterocycles. The van der Waals surface area contributed by atoms with Crippen molar-refractivity contribution in [3.63, 3.8) is 0 Å². The third kappa shape index (κ3) is 6.40. The predicted molar refractivity (Wildman–Crippen MR) is 71.4 cm³/mol. The van der Waals surface area contributed by atoms with E-state index in [4.69, 9.17) is 10.2 Å². The summed E-state index contributed by atoms with van der Waals surface area (Å²) in [5.74, 6) is -1.87. The molecular weight excluding hydrogens is 264 g/mol. The monoisotopic (exact) mass is 286 g/mol. The maximum absolute atomic E-state index is 11.5. The highest BCUT2D eigenvalue weighted by atomic mass is 16.4. The van der Waals surface area contributed by atoms with Crippen molar-refractivity contribution in [2.45, 2.75) is 51.0 Å². The molecule has 4 N–H and O–H groups in total. The van der Waals surface area contributed by atoms with Gasteiger partial charge in [0.05, 0.1) is 6.42 Å². The van der Waals surface area contributed by atoms with E-state index in [0.717, 1.165) is 18.8 Å². The zero-order chi connectivity index (χ0) is 15.0. The van der Waals surface area contributed by atoms with E-state index < -0.39 is 30.4 Å². The van der Waals surface area contributed by atoms with Crippen LogP contribution in [0, 0.1) is 5.92 Å². The first-order chi connectivity index (χ1) is 9.49. The Balaban J connectivity index is 2.17. The van der Waals surface area contributed by atoms with Crippen LogP contribution in [-0.4, -0.2) is 40.8 Å². The number of carbonyl (C=O) groups is 3. The van der Waals surface area contributed by atoms with E-state index in [1.165, 1.54) is 25.7 Å². The van der Waals surface area contributed by atoms with Gasteiger partial charge >= 0.3 is 18.0 Å². The SMILES string of the molecule is O=C(O)C[C@@H](NC(=O)NCCCC1CCCC1)C(=O)O. The zero-order valence-electron chi connectivity index (χ0n) is 11.4. The number of carboxylic acids is 2. The summed E-state index contributed by atoms with van der Waals surface area (Å²) in [5.41, 5.74) is 0. The van der Waals surface area contributed by atoms with E-state index in [2.05, 4.69) is 10.6 Å². The third-order valence-corrected chi connectivity index (χ3v) is 3.53. The van der Waals surface area contributed by atoms with Crippen molar-refractivity contribution in [2.75, 3.05) is 6.54 Å². The summed E-state index contributed by atoms with van der Waals surface area (Å²) in [6.07, 6.45) is 6.37. The highest BCUT2D eigenvalue weighted by Crippen LogP contribution is 2.28. The molecule has 0 aromatic carbocycles. The molecular formula is C13H22N2O5. The molecule has 0 heterocycles. The molecule has 7 heteroatoms. The van der Waals surface area contributed by atoms with Crippen LogP contribution in [0.15, 0.2) is 0 Å². The first-order valence-corrected chi connectivity index (χ1v) is 6.98. The lowest BCUT2D eigenvalue weighted by molar-refractivity contribution is -0.145. The first kappa shape index (κ1) is 16.3. The van der Waals surface area contributed by atoms with Crippen LogP contribution >= 0.6 is 0 Å².